The first-order valence-electron chi connectivity index (χ1n) is 9.11. The predicted octanol–water partition coefficient (Wildman–Crippen LogP) is 2.43. The third-order valence-electron chi connectivity index (χ3n) is 5.71. The molecule has 2 fully saturated rings. The van der Waals surface area contributed by atoms with Gasteiger partial charge < -0.3 is 10.0 Å². The molecule has 0 radical (unpaired) electrons. The number of amides is 1. The van der Waals surface area contributed by atoms with E-state index in [-0.39, 0.29) is 23.6 Å². The van der Waals surface area contributed by atoms with Crippen molar-refractivity contribution in [3.8, 4) is 5.69 Å². The summed E-state index contributed by atoms with van der Waals surface area (Å²) in [4.78, 5) is 26.6. The maximum absolute atomic E-state index is 13.2. The molecule has 1 amide bonds. The Hall–Kier alpha value is -2.70. The monoisotopic (exact) mass is 354 g/mol. The van der Waals surface area contributed by atoms with Crippen LogP contribution in [0.25, 0.3) is 5.69 Å². The zero-order valence-electron chi connectivity index (χ0n) is 14.7. The molecule has 3 unspecified atom stereocenters. The summed E-state index contributed by atoms with van der Waals surface area (Å²) < 4.78 is 1.62. The Bertz CT molecular complexity index is 833. The largest absolute Gasteiger partial charge is 0.480 e. The molecule has 0 spiro atoms. The van der Waals surface area contributed by atoms with Crippen LogP contribution in [0.1, 0.15) is 48.3 Å². The molecule has 1 saturated heterocycles. The normalized spacial score (nSPS) is 25.1. The fraction of sp³-hybridized carbons (Fsp3) is 0.474. The number of carbonyl (C=O) groups is 2. The summed E-state index contributed by atoms with van der Waals surface area (Å²) >= 11 is 0. The van der Waals surface area contributed by atoms with Crippen molar-refractivity contribution >= 4 is 11.9 Å². The smallest absolute Gasteiger partial charge is 0.326 e. The molecule has 1 N–H and O–H groups in total. The van der Waals surface area contributed by atoms with E-state index >= 15 is 0 Å². The number of hydrogen-bond donors (Lipinski definition) is 1. The van der Waals surface area contributed by atoms with Gasteiger partial charge in [-0.3, -0.25) is 4.79 Å². The van der Waals surface area contributed by atoms with Gasteiger partial charge in [-0.2, -0.15) is 0 Å². The summed E-state index contributed by atoms with van der Waals surface area (Å²) in [5.41, 5.74) is 1.69. The standard InChI is InChI=1S/C19H22N4O3/c1-12-17(20-21-23(12)14-8-3-2-4-9-14)18(24)22-15-10-6-5-7-13(15)11-16(22)19(25)26/h2-4,8-9,13,15-16H,5-7,10-11H2,1H3,(H,25,26). The summed E-state index contributed by atoms with van der Waals surface area (Å²) in [6.07, 6.45) is 4.54. The minimum atomic E-state index is -0.930. The van der Waals surface area contributed by atoms with Gasteiger partial charge in [0.15, 0.2) is 5.69 Å². The number of rotatable bonds is 3. The minimum Gasteiger partial charge on any atom is -0.480 e. The second kappa shape index (κ2) is 6.55. The topological polar surface area (TPSA) is 88.3 Å². The van der Waals surface area contributed by atoms with Gasteiger partial charge >= 0.3 is 5.97 Å². The number of likely N-dealkylation sites (tertiary alicyclic amines) is 1. The van der Waals surface area contributed by atoms with Crippen LogP contribution in [0.2, 0.25) is 0 Å². The SMILES string of the molecule is Cc1c(C(=O)N2C(C(=O)O)CC3CCCCC32)nnn1-c1ccccc1. The van der Waals surface area contributed by atoms with E-state index in [2.05, 4.69) is 10.3 Å². The number of carboxylic acids is 1. The number of benzene rings is 1. The maximum atomic E-state index is 13.2. The quantitative estimate of drug-likeness (QED) is 0.914. The maximum Gasteiger partial charge on any atom is 0.326 e. The molecular weight excluding hydrogens is 332 g/mol. The lowest BCUT2D eigenvalue weighted by molar-refractivity contribution is -0.141. The summed E-state index contributed by atoms with van der Waals surface area (Å²) in [6, 6.07) is 8.71. The zero-order valence-corrected chi connectivity index (χ0v) is 14.7. The second-order valence-electron chi connectivity index (χ2n) is 7.18. The molecule has 2 aromatic rings. The first kappa shape index (κ1) is 16.8. The van der Waals surface area contributed by atoms with Crippen LogP contribution in [0, 0.1) is 12.8 Å². The highest BCUT2D eigenvalue weighted by molar-refractivity contribution is 5.96. The molecule has 136 valence electrons. The molecule has 7 nitrogen and oxygen atoms in total. The van der Waals surface area contributed by atoms with Gasteiger partial charge in [0.25, 0.3) is 5.91 Å². The zero-order chi connectivity index (χ0) is 18.3. The van der Waals surface area contributed by atoms with Crippen molar-refractivity contribution in [2.24, 2.45) is 5.92 Å². The van der Waals surface area contributed by atoms with Crippen LogP contribution < -0.4 is 0 Å². The Morgan fingerprint density at radius 1 is 1.15 bits per heavy atom. The number of aromatic nitrogens is 3. The van der Waals surface area contributed by atoms with Crippen molar-refractivity contribution in [1.82, 2.24) is 19.9 Å². The van der Waals surface area contributed by atoms with Crippen LogP contribution in [-0.2, 0) is 4.79 Å². The van der Waals surface area contributed by atoms with Crippen molar-refractivity contribution in [3.05, 3.63) is 41.7 Å². The summed E-state index contributed by atoms with van der Waals surface area (Å²) in [7, 11) is 0. The summed E-state index contributed by atoms with van der Waals surface area (Å²) in [5.74, 6) is -0.967. The molecule has 1 saturated carbocycles. The van der Waals surface area contributed by atoms with E-state index in [1.807, 2.05) is 30.3 Å². The number of carbonyl (C=O) groups excluding carboxylic acids is 1. The van der Waals surface area contributed by atoms with Gasteiger partial charge in [0.2, 0.25) is 0 Å². The molecule has 2 aliphatic rings. The number of hydrogen-bond acceptors (Lipinski definition) is 4. The highest BCUT2D eigenvalue weighted by Crippen LogP contribution is 2.40. The molecule has 2 heterocycles. The van der Waals surface area contributed by atoms with Crippen molar-refractivity contribution in [1.29, 1.82) is 0 Å². The van der Waals surface area contributed by atoms with Gasteiger partial charge in [0.05, 0.1) is 11.4 Å². The molecule has 1 aliphatic heterocycles. The lowest BCUT2D eigenvalue weighted by atomic mass is 9.84. The first-order valence-corrected chi connectivity index (χ1v) is 9.11. The highest BCUT2D eigenvalue weighted by atomic mass is 16.4. The van der Waals surface area contributed by atoms with E-state index in [4.69, 9.17) is 0 Å². The van der Waals surface area contributed by atoms with E-state index < -0.39 is 12.0 Å². The Morgan fingerprint density at radius 3 is 2.62 bits per heavy atom. The number of para-hydroxylation sites is 1. The van der Waals surface area contributed by atoms with Crippen LogP contribution in [0.15, 0.2) is 30.3 Å². The second-order valence-corrected chi connectivity index (χ2v) is 7.18. The molecule has 1 aliphatic carbocycles. The number of aliphatic carboxylic acids is 1. The fourth-order valence-corrected chi connectivity index (χ4v) is 4.44. The average molecular weight is 354 g/mol. The average Bonchev–Trinajstić information content (AvgIpc) is 3.23. The molecule has 1 aromatic heterocycles. The van der Waals surface area contributed by atoms with E-state index in [1.54, 1.807) is 16.5 Å². The van der Waals surface area contributed by atoms with Crippen LogP contribution in [0.5, 0.6) is 0 Å². The van der Waals surface area contributed by atoms with Gasteiger partial charge in [0, 0.05) is 6.04 Å². The van der Waals surface area contributed by atoms with E-state index in [1.165, 1.54) is 0 Å². The first-order chi connectivity index (χ1) is 12.6. The Balaban J connectivity index is 1.68. The summed E-state index contributed by atoms with van der Waals surface area (Å²) in [5, 5.41) is 17.9. The minimum absolute atomic E-state index is 0.00127. The van der Waals surface area contributed by atoms with Gasteiger partial charge in [-0.1, -0.05) is 36.3 Å². The molecule has 26 heavy (non-hydrogen) atoms. The van der Waals surface area contributed by atoms with Crippen LogP contribution in [-0.4, -0.2) is 49.0 Å². The van der Waals surface area contributed by atoms with Crippen LogP contribution >= 0.6 is 0 Å². The number of nitrogens with zero attached hydrogens (tertiary/aromatic N) is 4. The van der Waals surface area contributed by atoms with Gasteiger partial charge in [-0.25, -0.2) is 9.48 Å². The molecule has 7 heteroatoms. The van der Waals surface area contributed by atoms with Crippen molar-refractivity contribution in [2.75, 3.05) is 0 Å². The molecule has 3 atom stereocenters. The molecule has 4 rings (SSSR count). The van der Waals surface area contributed by atoms with Crippen molar-refractivity contribution < 1.29 is 14.7 Å². The fourth-order valence-electron chi connectivity index (χ4n) is 4.44. The number of fused-ring (bicyclic) bond motifs is 1. The lowest BCUT2D eigenvalue weighted by Gasteiger charge is -2.32. The number of carboxylic acid groups (broad SMARTS) is 1. The predicted molar refractivity (Wildman–Crippen MR) is 94.1 cm³/mol. The van der Waals surface area contributed by atoms with Crippen LogP contribution in [0.3, 0.4) is 0 Å². The van der Waals surface area contributed by atoms with Crippen LogP contribution in [0.4, 0.5) is 0 Å². The van der Waals surface area contributed by atoms with Crippen molar-refractivity contribution in [3.63, 3.8) is 0 Å². The third-order valence-corrected chi connectivity index (χ3v) is 5.71. The van der Waals surface area contributed by atoms with Crippen molar-refractivity contribution in [2.45, 2.75) is 51.1 Å². The molecule has 0 bridgehead atoms. The van der Waals surface area contributed by atoms with E-state index in [0.29, 0.717) is 12.1 Å². The third kappa shape index (κ3) is 2.67. The highest BCUT2D eigenvalue weighted by Gasteiger charge is 2.48. The molecular formula is C19H22N4O3. The Labute approximate surface area is 151 Å². The molecule has 1 aromatic carbocycles. The van der Waals surface area contributed by atoms with Gasteiger partial charge in [-0.15, -0.1) is 5.10 Å². The lowest BCUT2D eigenvalue weighted by Crippen LogP contribution is -2.46. The van der Waals surface area contributed by atoms with E-state index in [9.17, 15) is 14.7 Å². The Kier molecular flexibility index (Phi) is 4.22. The van der Waals surface area contributed by atoms with Gasteiger partial charge in [0.1, 0.15) is 6.04 Å². The summed E-state index contributed by atoms with van der Waals surface area (Å²) in [6.45, 7) is 1.80. The van der Waals surface area contributed by atoms with Gasteiger partial charge in [-0.05, 0) is 44.2 Å². The van der Waals surface area contributed by atoms with E-state index in [0.717, 1.165) is 31.4 Å². The Morgan fingerprint density at radius 2 is 1.88 bits per heavy atom.